The van der Waals surface area contributed by atoms with Crippen molar-refractivity contribution in [3.8, 4) is 0 Å². The summed E-state index contributed by atoms with van der Waals surface area (Å²) in [5, 5.41) is 0. The molecule has 1 unspecified atom stereocenters. The molecule has 1 aliphatic carbocycles. The summed E-state index contributed by atoms with van der Waals surface area (Å²) < 4.78 is 0. The van der Waals surface area contributed by atoms with Crippen LogP contribution in [0.2, 0.25) is 0 Å². The molecule has 2 rings (SSSR count). The van der Waals surface area contributed by atoms with Crippen LogP contribution < -0.4 is 11.3 Å². The van der Waals surface area contributed by atoms with E-state index in [4.69, 9.17) is 5.84 Å². The zero-order valence-corrected chi connectivity index (χ0v) is 9.09. The minimum Gasteiger partial charge on any atom is -0.271 e. The molecule has 78 valence electrons. The van der Waals surface area contributed by atoms with Crippen LogP contribution in [0.15, 0.2) is 11.7 Å². The first-order chi connectivity index (χ1) is 6.88. The Morgan fingerprint density at radius 3 is 3.00 bits per heavy atom. The van der Waals surface area contributed by atoms with Crippen molar-refractivity contribution in [1.82, 2.24) is 10.4 Å². The lowest BCUT2D eigenvalue weighted by Crippen LogP contribution is -2.39. The first-order valence-electron chi connectivity index (χ1n) is 5.22. The average Bonchev–Trinajstić information content (AvgIpc) is 2.61. The van der Waals surface area contributed by atoms with Gasteiger partial charge in [-0.3, -0.25) is 16.3 Å². The second-order valence-electron chi connectivity index (χ2n) is 4.07. The Hall–Kier alpha value is -0.450. The van der Waals surface area contributed by atoms with Gasteiger partial charge in [-0.2, -0.15) is 0 Å². The molecule has 3 N–H and O–H groups in total. The van der Waals surface area contributed by atoms with Crippen LogP contribution in [0.1, 0.15) is 30.6 Å². The summed E-state index contributed by atoms with van der Waals surface area (Å²) in [4.78, 5) is 5.40. The quantitative estimate of drug-likeness (QED) is 0.576. The molecule has 3 nitrogen and oxygen atoms in total. The normalized spacial score (nSPS) is 19.2. The van der Waals surface area contributed by atoms with Crippen molar-refractivity contribution in [2.75, 3.05) is 0 Å². The number of rotatable bonds is 5. The summed E-state index contributed by atoms with van der Waals surface area (Å²) in [7, 11) is 0. The maximum atomic E-state index is 5.55. The highest BCUT2D eigenvalue weighted by Gasteiger charge is 2.21. The molecule has 1 aromatic rings. The number of nitrogens with zero attached hydrogens (tertiary/aromatic N) is 1. The zero-order valence-electron chi connectivity index (χ0n) is 8.28. The molecule has 0 amide bonds. The Labute approximate surface area is 88.7 Å². The molecule has 1 saturated carbocycles. The van der Waals surface area contributed by atoms with Crippen molar-refractivity contribution in [2.45, 2.75) is 38.1 Å². The van der Waals surface area contributed by atoms with Crippen LogP contribution >= 0.6 is 11.3 Å². The van der Waals surface area contributed by atoms with Gasteiger partial charge in [0.05, 0.1) is 5.51 Å². The van der Waals surface area contributed by atoms with Crippen LogP contribution in [0.25, 0.3) is 0 Å². The lowest BCUT2D eigenvalue weighted by molar-refractivity contribution is 0.260. The van der Waals surface area contributed by atoms with Gasteiger partial charge in [-0.25, -0.2) is 0 Å². The van der Waals surface area contributed by atoms with Crippen LogP contribution in [-0.4, -0.2) is 11.0 Å². The van der Waals surface area contributed by atoms with Gasteiger partial charge >= 0.3 is 0 Å². The third-order valence-corrected chi connectivity index (χ3v) is 3.81. The van der Waals surface area contributed by atoms with Crippen LogP contribution in [0.4, 0.5) is 0 Å². The second kappa shape index (κ2) is 4.87. The van der Waals surface area contributed by atoms with Gasteiger partial charge in [-0.05, 0) is 12.3 Å². The van der Waals surface area contributed by atoms with E-state index in [0.29, 0.717) is 6.04 Å². The molecule has 1 aromatic heterocycles. The third kappa shape index (κ3) is 2.53. The van der Waals surface area contributed by atoms with E-state index in [1.807, 2.05) is 11.7 Å². The third-order valence-electron chi connectivity index (χ3n) is 3.01. The van der Waals surface area contributed by atoms with Gasteiger partial charge in [0.2, 0.25) is 0 Å². The SMILES string of the molecule is NNC(Cc1cncs1)CC1CCC1. The predicted molar refractivity (Wildman–Crippen MR) is 58.9 cm³/mol. The monoisotopic (exact) mass is 211 g/mol. The van der Waals surface area contributed by atoms with Crippen LogP contribution in [0, 0.1) is 5.92 Å². The maximum Gasteiger partial charge on any atom is 0.0794 e. The van der Waals surface area contributed by atoms with E-state index in [1.54, 1.807) is 11.3 Å². The highest BCUT2D eigenvalue weighted by Crippen LogP contribution is 2.31. The number of hydrogen-bond donors (Lipinski definition) is 2. The predicted octanol–water partition coefficient (Wildman–Crippen LogP) is 1.71. The number of aromatic nitrogens is 1. The number of nitrogens with two attached hydrogens (primary N) is 1. The lowest BCUT2D eigenvalue weighted by atomic mass is 9.80. The highest BCUT2D eigenvalue weighted by atomic mass is 32.1. The molecule has 4 heteroatoms. The number of nitrogens with one attached hydrogen (secondary N) is 1. The molecule has 14 heavy (non-hydrogen) atoms. The Morgan fingerprint density at radius 2 is 2.50 bits per heavy atom. The fourth-order valence-corrected chi connectivity index (χ4v) is 2.60. The molecule has 0 bridgehead atoms. The van der Waals surface area contributed by atoms with Crippen molar-refractivity contribution in [1.29, 1.82) is 0 Å². The number of hydrogen-bond acceptors (Lipinski definition) is 4. The van der Waals surface area contributed by atoms with E-state index in [9.17, 15) is 0 Å². The molecule has 0 spiro atoms. The largest absolute Gasteiger partial charge is 0.271 e. The summed E-state index contributed by atoms with van der Waals surface area (Å²) in [5.41, 5.74) is 4.80. The first kappa shape index (κ1) is 10.1. The smallest absolute Gasteiger partial charge is 0.0794 e. The summed E-state index contributed by atoms with van der Waals surface area (Å²) in [6, 6.07) is 0.431. The molecule has 1 fully saturated rings. The number of hydrazine groups is 1. The standard InChI is InChI=1S/C10H17N3S/c11-13-9(4-8-2-1-3-8)5-10-6-12-7-14-10/h6-9,13H,1-5,11H2. The Kier molecular flexibility index (Phi) is 3.50. The van der Waals surface area contributed by atoms with Crippen LogP contribution in [0.5, 0.6) is 0 Å². The van der Waals surface area contributed by atoms with E-state index in [2.05, 4.69) is 10.4 Å². The topological polar surface area (TPSA) is 50.9 Å². The Morgan fingerprint density at radius 1 is 1.64 bits per heavy atom. The summed E-state index contributed by atoms with van der Waals surface area (Å²) in [6.45, 7) is 0. The molecular formula is C10H17N3S. The minimum absolute atomic E-state index is 0.431. The van der Waals surface area contributed by atoms with Gasteiger partial charge in [0.15, 0.2) is 0 Å². The van der Waals surface area contributed by atoms with Crippen molar-refractivity contribution >= 4 is 11.3 Å². The van der Waals surface area contributed by atoms with Gasteiger partial charge in [0.25, 0.3) is 0 Å². The number of thiazole rings is 1. The van der Waals surface area contributed by atoms with Gasteiger partial charge < -0.3 is 0 Å². The van der Waals surface area contributed by atoms with Crippen LogP contribution in [-0.2, 0) is 6.42 Å². The van der Waals surface area contributed by atoms with Gasteiger partial charge in [-0.1, -0.05) is 19.3 Å². The van der Waals surface area contributed by atoms with E-state index < -0.39 is 0 Å². The summed E-state index contributed by atoms with van der Waals surface area (Å²) >= 11 is 1.71. The molecule has 0 aromatic carbocycles. The van der Waals surface area contributed by atoms with Crippen molar-refractivity contribution in [3.05, 3.63) is 16.6 Å². The second-order valence-corrected chi connectivity index (χ2v) is 5.04. The van der Waals surface area contributed by atoms with Crippen molar-refractivity contribution in [3.63, 3.8) is 0 Å². The molecule has 1 heterocycles. The Bertz CT molecular complexity index is 256. The molecule has 1 aliphatic rings. The molecule has 0 radical (unpaired) electrons. The zero-order chi connectivity index (χ0) is 9.80. The fourth-order valence-electron chi connectivity index (χ4n) is 1.93. The maximum absolute atomic E-state index is 5.55. The van der Waals surface area contributed by atoms with Gasteiger partial charge in [0.1, 0.15) is 0 Å². The molecule has 0 saturated heterocycles. The molecule has 1 atom stereocenters. The van der Waals surface area contributed by atoms with E-state index in [0.717, 1.165) is 12.3 Å². The van der Waals surface area contributed by atoms with Gasteiger partial charge in [-0.15, -0.1) is 11.3 Å². The van der Waals surface area contributed by atoms with E-state index in [1.165, 1.54) is 30.6 Å². The molecule has 0 aliphatic heterocycles. The lowest BCUT2D eigenvalue weighted by Gasteiger charge is -2.29. The minimum atomic E-state index is 0.431. The highest BCUT2D eigenvalue weighted by molar-refractivity contribution is 7.09. The Balaban J connectivity index is 1.80. The fraction of sp³-hybridized carbons (Fsp3) is 0.700. The summed E-state index contributed by atoms with van der Waals surface area (Å²) in [5.74, 6) is 6.46. The van der Waals surface area contributed by atoms with Crippen molar-refractivity contribution in [2.24, 2.45) is 11.8 Å². The average molecular weight is 211 g/mol. The first-order valence-corrected chi connectivity index (χ1v) is 6.10. The molecular weight excluding hydrogens is 194 g/mol. The van der Waals surface area contributed by atoms with Gasteiger partial charge in [0, 0.05) is 23.5 Å². The van der Waals surface area contributed by atoms with E-state index in [-0.39, 0.29) is 0 Å². The summed E-state index contributed by atoms with van der Waals surface area (Å²) in [6.07, 6.45) is 8.37. The van der Waals surface area contributed by atoms with E-state index >= 15 is 0 Å². The van der Waals surface area contributed by atoms with Crippen molar-refractivity contribution < 1.29 is 0 Å². The van der Waals surface area contributed by atoms with Crippen LogP contribution in [0.3, 0.4) is 0 Å².